The van der Waals surface area contributed by atoms with Gasteiger partial charge < -0.3 is 5.32 Å². The molecular weight excluding hydrogens is 288 g/mol. The van der Waals surface area contributed by atoms with Gasteiger partial charge in [-0.1, -0.05) is 30.7 Å². The smallest absolute Gasteiger partial charge is 0.0897 e. The summed E-state index contributed by atoms with van der Waals surface area (Å²) in [4.78, 5) is 4.58. The lowest BCUT2D eigenvalue weighted by Crippen LogP contribution is -2.23. The summed E-state index contributed by atoms with van der Waals surface area (Å²) in [5, 5.41) is 7.61. The van der Waals surface area contributed by atoms with Crippen LogP contribution in [0.25, 0.3) is 0 Å². The summed E-state index contributed by atoms with van der Waals surface area (Å²) in [6, 6.07) is 8.17. The van der Waals surface area contributed by atoms with E-state index in [9.17, 15) is 0 Å². The topological polar surface area (TPSA) is 24.9 Å². The normalized spacial score (nSPS) is 12.6. The second-order valence-electron chi connectivity index (χ2n) is 5.02. The van der Waals surface area contributed by atoms with Crippen LogP contribution in [0.1, 0.15) is 35.5 Å². The molecule has 1 N–H and O–H groups in total. The molecule has 0 radical (unpaired) electrons. The number of hydrogen-bond donors (Lipinski definition) is 1. The number of aryl methyl sites for hydroxylation is 1. The molecule has 2 rings (SSSR count). The van der Waals surface area contributed by atoms with Crippen LogP contribution in [-0.4, -0.2) is 18.1 Å². The molecule has 1 unspecified atom stereocenters. The molecule has 0 bridgehead atoms. The van der Waals surface area contributed by atoms with Gasteiger partial charge >= 0.3 is 0 Å². The lowest BCUT2D eigenvalue weighted by atomic mass is 9.94. The van der Waals surface area contributed by atoms with Crippen LogP contribution in [0.5, 0.6) is 0 Å². The molecule has 20 heavy (non-hydrogen) atoms. The van der Waals surface area contributed by atoms with Gasteiger partial charge in [0.05, 0.1) is 10.7 Å². The lowest BCUT2D eigenvalue weighted by molar-refractivity contribution is 0.573. The van der Waals surface area contributed by atoms with Gasteiger partial charge in [-0.05, 0) is 44.0 Å². The van der Waals surface area contributed by atoms with Gasteiger partial charge in [-0.25, -0.2) is 4.98 Å². The Morgan fingerprint density at radius 1 is 1.40 bits per heavy atom. The van der Waals surface area contributed by atoms with Gasteiger partial charge in [0.15, 0.2) is 0 Å². The molecule has 1 aromatic heterocycles. The Hall–Kier alpha value is -0.900. The number of aromatic nitrogens is 1. The van der Waals surface area contributed by atoms with Gasteiger partial charge in [0, 0.05) is 22.9 Å². The highest BCUT2D eigenvalue weighted by molar-refractivity contribution is 7.09. The minimum absolute atomic E-state index is 0.418. The van der Waals surface area contributed by atoms with Crippen LogP contribution in [0.4, 0.5) is 0 Å². The van der Waals surface area contributed by atoms with Crippen molar-refractivity contribution in [3.63, 3.8) is 0 Å². The minimum atomic E-state index is 0.418. The molecule has 2 aromatic rings. The summed E-state index contributed by atoms with van der Waals surface area (Å²) in [7, 11) is 0. The second kappa shape index (κ2) is 7.77. The first-order valence-electron chi connectivity index (χ1n) is 7.06. The van der Waals surface area contributed by atoms with E-state index in [1.807, 2.05) is 12.1 Å². The van der Waals surface area contributed by atoms with Crippen molar-refractivity contribution in [3.8, 4) is 0 Å². The first-order chi connectivity index (χ1) is 9.69. The van der Waals surface area contributed by atoms with Crippen molar-refractivity contribution in [3.05, 3.63) is 50.9 Å². The third kappa shape index (κ3) is 4.58. The second-order valence-corrected chi connectivity index (χ2v) is 6.52. The van der Waals surface area contributed by atoms with E-state index >= 15 is 0 Å². The molecule has 0 amide bonds. The Morgan fingerprint density at radius 3 is 2.90 bits per heavy atom. The summed E-state index contributed by atoms with van der Waals surface area (Å²) in [6.07, 6.45) is 2.11. The molecule has 1 heterocycles. The van der Waals surface area contributed by atoms with E-state index in [2.05, 4.69) is 41.7 Å². The van der Waals surface area contributed by atoms with E-state index in [0.717, 1.165) is 36.0 Å². The average Bonchev–Trinajstić information content (AvgIpc) is 2.83. The van der Waals surface area contributed by atoms with E-state index in [4.69, 9.17) is 11.6 Å². The van der Waals surface area contributed by atoms with Crippen molar-refractivity contribution in [2.75, 3.05) is 13.1 Å². The molecule has 0 aliphatic carbocycles. The molecule has 0 saturated heterocycles. The standard InChI is InChI=1S/C16H21ClN2S/c1-3-7-18-10-14(9-16-11-20-12(2)19-16)13-5-4-6-15(17)8-13/h4-6,8,11,14,18H,3,7,9-10H2,1-2H3. The van der Waals surface area contributed by atoms with Gasteiger partial charge in [-0.15, -0.1) is 11.3 Å². The average molecular weight is 309 g/mol. The van der Waals surface area contributed by atoms with Crippen molar-refractivity contribution >= 4 is 22.9 Å². The summed E-state index contributed by atoms with van der Waals surface area (Å²) < 4.78 is 0. The van der Waals surface area contributed by atoms with Crippen LogP contribution >= 0.6 is 22.9 Å². The fraction of sp³-hybridized carbons (Fsp3) is 0.438. The van der Waals surface area contributed by atoms with E-state index < -0.39 is 0 Å². The highest BCUT2D eigenvalue weighted by Crippen LogP contribution is 2.24. The van der Waals surface area contributed by atoms with Gasteiger partial charge in [-0.3, -0.25) is 0 Å². The van der Waals surface area contributed by atoms with E-state index in [0.29, 0.717) is 5.92 Å². The van der Waals surface area contributed by atoms with Crippen molar-refractivity contribution in [2.45, 2.75) is 32.6 Å². The number of benzene rings is 1. The number of nitrogens with one attached hydrogen (secondary N) is 1. The summed E-state index contributed by atoms with van der Waals surface area (Å²) in [6.45, 7) is 6.25. The largest absolute Gasteiger partial charge is 0.316 e. The first-order valence-corrected chi connectivity index (χ1v) is 8.32. The van der Waals surface area contributed by atoms with Crippen LogP contribution in [0, 0.1) is 6.92 Å². The quantitative estimate of drug-likeness (QED) is 0.765. The van der Waals surface area contributed by atoms with Crippen LogP contribution in [-0.2, 0) is 6.42 Å². The van der Waals surface area contributed by atoms with E-state index in [1.165, 1.54) is 11.3 Å². The highest BCUT2D eigenvalue weighted by Gasteiger charge is 2.14. The van der Waals surface area contributed by atoms with E-state index in [1.54, 1.807) is 11.3 Å². The molecular formula is C16H21ClN2S. The molecule has 0 saturated carbocycles. The number of halogens is 1. The zero-order valence-electron chi connectivity index (χ0n) is 12.0. The molecule has 0 fully saturated rings. The van der Waals surface area contributed by atoms with Crippen LogP contribution in [0.3, 0.4) is 0 Å². The van der Waals surface area contributed by atoms with Gasteiger partial charge in [0.25, 0.3) is 0 Å². The predicted octanol–water partition coefficient (Wildman–Crippen LogP) is 4.43. The van der Waals surface area contributed by atoms with Gasteiger partial charge in [-0.2, -0.15) is 0 Å². The SMILES string of the molecule is CCCNCC(Cc1csc(C)n1)c1cccc(Cl)c1. The third-order valence-electron chi connectivity index (χ3n) is 3.26. The maximum atomic E-state index is 6.12. The van der Waals surface area contributed by atoms with Crippen molar-refractivity contribution in [2.24, 2.45) is 0 Å². The molecule has 108 valence electrons. The molecule has 2 nitrogen and oxygen atoms in total. The summed E-state index contributed by atoms with van der Waals surface area (Å²) in [5.74, 6) is 0.418. The number of thiazole rings is 1. The van der Waals surface area contributed by atoms with Crippen LogP contribution in [0.2, 0.25) is 5.02 Å². The van der Waals surface area contributed by atoms with Crippen molar-refractivity contribution < 1.29 is 0 Å². The van der Waals surface area contributed by atoms with Crippen molar-refractivity contribution in [1.29, 1.82) is 0 Å². The van der Waals surface area contributed by atoms with Crippen molar-refractivity contribution in [1.82, 2.24) is 10.3 Å². The number of rotatable bonds is 7. The monoisotopic (exact) mass is 308 g/mol. The summed E-state index contributed by atoms with van der Waals surface area (Å²) in [5.41, 5.74) is 2.46. The molecule has 1 atom stereocenters. The third-order valence-corrected chi connectivity index (χ3v) is 4.32. The fourth-order valence-electron chi connectivity index (χ4n) is 2.28. The predicted molar refractivity (Wildman–Crippen MR) is 87.9 cm³/mol. The maximum absolute atomic E-state index is 6.12. The first kappa shape index (κ1) is 15.5. The zero-order chi connectivity index (χ0) is 14.4. The molecule has 0 aliphatic rings. The number of hydrogen-bond acceptors (Lipinski definition) is 3. The molecule has 0 spiro atoms. The fourth-order valence-corrected chi connectivity index (χ4v) is 3.10. The minimum Gasteiger partial charge on any atom is -0.316 e. The Balaban J connectivity index is 2.11. The van der Waals surface area contributed by atoms with Crippen LogP contribution in [0.15, 0.2) is 29.6 Å². The number of nitrogens with zero attached hydrogens (tertiary/aromatic N) is 1. The highest BCUT2D eigenvalue weighted by atomic mass is 35.5. The Labute approximate surface area is 130 Å². The zero-order valence-corrected chi connectivity index (χ0v) is 13.6. The lowest BCUT2D eigenvalue weighted by Gasteiger charge is -2.17. The Morgan fingerprint density at radius 2 is 2.25 bits per heavy atom. The molecule has 0 aliphatic heterocycles. The van der Waals surface area contributed by atoms with E-state index in [-0.39, 0.29) is 0 Å². The molecule has 4 heteroatoms. The Kier molecular flexibility index (Phi) is 6.02. The Bertz CT molecular complexity index is 539. The van der Waals surface area contributed by atoms with Crippen LogP contribution < -0.4 is 5.32 Å². The summed E-state index contributed by atoms with van der Waals surface area (Å²) >= 11 is 7.84. The van der Waals surface area contributed by atoms with Gasteiger partial charge in [0.1, 0.15) is 0 Å². The van der Waals surface area contributed by atoms with Gasteiger partial charge in [0.2, 0.25) is 0 Å². The maximum Gasteiger partial charge on any atom is 0.0897 e. The molecule has 1 aromatic carbocycles.